The summed E-state index contributed by atoms with van der Waals surface area (Å²) < 4.78 is 4.46. The Morgan fingerprint density at radius 2 is 1.50 bits per heavy atom. The highest BCUT2D eigenvalue weighted by Gasteiger charge is 2.08. The minimum Gasteiger partial charge on any atom is -0.481 e. The number of carbonyl (C=O) groups is 2. The Balaban J connectivity index is 0. The second kappa shape index (κ2) is 14.1. The van der Waals surface area contributed by atoms with Gasteiger partial charge in [0.1, 0.15) is 0 Å². The van der Waals surface area contributed by atoms with Crippen LogP contribution in [0.25, 0.3) is 0 Å². The number of esters is 1. The van der Waals surface area contributed by atoms with Gasteiger partial charge in [0.25, 0.3) is 0 Å². The lowest BCUT2D eigenvalue weighted by Gasteiger charge is -2.02. The number of benzene rings is 1. The summed E-state index contributed by atoms with van der Waals surface area (Å²) in [6.07, 6.45) is 1.57. The number of aryl methyl sites for hydroxylation is 1. The van der Waals surface area contributed by atoms with E-state index in [0.29, 0.717) is 0 Å². The van der Waals surface area contributed by atoms with E-state index in [1.54, 1.807) is 6.92 Å². The lowest BCUT2D eigenvalue weighted by molar-refractivity contribution is -0.145. The number of aliphatic carboxylic acids is 1. The van der Waals surface area contributed by atoms with Gasteiger partial charge in [-0.1, -0.05) is 63.6 Å². The molecule has 0 fully saturated rings. The van der Waals surface area contributed by atoms with Crippen LogP contribution in [0.1, 0.15) is 46.1 Å². The maximum atomic E-state index is 10.5. The monoisotopic (exact) mass is 310 g/mol. The average molecular weight is 310 g/mol. The summed E-state index contributed by atoms with van der Waals surface area (Å²) in [7, 11) is 1.41. The van der Waals surface area contributed by atoms with Crippen LogP contribution in [0.4, 0.5) is 0 Å². The van der Waals surface area contributed by atoms with Crippen LogP contribution >= 0.6 is 0 Å². The fourth-order valence-corrected chi connectivity index (χ4v) is 1.08. The molecule has 4 nitrogen and oxygen atoms in total. The number of hydrogen-bond acceptors (Lipinski definition) is 3. The average Bonchev–Trinajstić information content (AvgIpc) is 2.54. The normalized spacial score (nSPS) is 11.7. The van der Waals surface area contributed by atoms with Crippen LogP contribution in [-0.4, -0.2) is 24.2 Å². The van der Waals surface area contributed by atoms with Gasteiger partial charge in [0, 0.05) is 0 Å². The van der Waals surface area contributed by atoms with Gasteiger partial charge in [0.15, 0.2) is 0 Å². The van der Waals surface area contributed by atoms with Gasteiger partial charge in [0.2, 0.25) is 0 Å². The number of hydrogen-bond donors (Lipinski definition) is 1. The first-order valence-corrected chi connectivity index (χ1v) is 7.62. The van der Waals surface area contributed by atoms with Crippen LogP contribution in [0, 0.1) is 18.8 Å². The van der Waals surface area contributed by atoms with Gasteiger partial charge < -0.3 is 9.84 Å². The Bertz CT molecular complexity index is 401. The predicted octanol–water partition coefficient (Wildman–Crippen LogP) is 4.32. The Morgan fingerprint density at radius 1 is 1.05 bits per heavy atom. The molecule has 1 rings (SSSR count). The van der Waals surface area contributed by atoms with E-state index in [9.17, 15) is 9.59 Å². The molecule has 0 heterocycles. The highest BCUT2D eigenvalue weighted by Crippen LogP contribution is 2.00. The van der Waals surface area contributed by atoms with Crippen molar-refractivity contribution in [2.24, 2.45) is 11.8 Å². The van der Waals surface area contributed by atoms with Crippen molar-refractivity contribution in [2.45, 2.75) is 47.5 Å². The molecule has 126 valence electrons. The molecule has 0 spiro atoms. The zero-order valence-electron chi connectivity index (χ0n) is 14.6. The maximum absolute atomic E-state index is 10.5. The van der Waals surface area contributed by atoms with E-state index >= 15 is 0 Å². The first kappa shape index (κ1) is 22.4. The molecule has 1 aromatic rings. The van der Waals surface area contributed by atoms with Gasteiger partial charge in [0.05, 0.1) is 18.9 Å². The molecule has 0 aliphatic rings. The minimum absolute atomic E-state index is 0.0556. The summed E-state index contributed by atoms with van der Waals surface area (Å²) in [4.78, 5) is 20.5. The Morgan fingerprint density at radius 3 is 1.64 bits per heavy atom. The molecular formula is C18H30O4. The standard InChI is InChI=1S/C7H8.C6H12O2.C5H10O2/c1-7-5-3-2-4-6-7;1-4-5(2)6(7)8-3;1-3-4(2)5(6)7/h2-6H,1H3;5H,4H2,1-3H3;4H,3H2,1-2H3,(H,6,7). The zero-order valence-corrected chi connectivity index (χ0v) is 14.6. The molecule has 0 aliphatic carbocycles. The summed E-state index contributed by atoms with van der Waals surface area (Å²) in [5.41, 5.74) is 1.32. The van der Waals surface area contributed by atoms with E-state index in [1.165, 1.54) is 12.7 Å². The summed E-state index contributed by atoms with van der Waals surface area (Å²) in [5, 5.41) is 8.18. The topological polar surface area (TPSA) is 63.6 Å². The van der Waals surface area contributed by atoms with Crippen LogP contribution in [-0.2, 0) is 14.3 Å². The number of ether oxygens (including phenoxy) is 1. The summed E-state index contributed by atoms with van der Waals surface area (Å²) >= 11 is 0. The van der Waals surface area contributed by atoms with Crippen LogP contribution in [0.3, 0.4) is 0 Å². The van der Waals surface area contributed by atoms with E-state index in [0.717, 1.165) is 12.8 Å². The van der Waals surface area contributed by atoms with Crippen LogP contribution < -0.4 is 0 Å². The first-order valence-electron chi connectivity index (χ1n) is 7.62. The smallest absolute Gasteiger partial charge is 0.308 e. The number of carboxylic acids is 1. The highest BCUT2D eigenvalue weighted by atomic mass is 16.5. The van der Waals surface area contributed by atoms with E-state index in [4.69, 9.17) is 5.11 Å². The molecule has 2 unspecified atom stereocenters. The van der Waals surface area contributed by atoms with Crippen molar-refractivity contribution in [3.8, 4) is 0 Å². The molecule has 1 aromatic carbocycles. The summed E-state index contributed by atoms with van der Waals surface area (Å²) in [6.45, 7) is 9.45. The van der Waals surface area contributed by atoms with Crippen LogP contribution in [0.15, 0.2) is 30.3 Å². The van der Waals surface area contributed by atoms with Gasteiger partial charge >= 0.3 is 11.9 Å². The summed E-state index contributed by atoms with van der Waals surface area (Å²) in [5.74, 6) is -0.949. The molecule has 0 saturated heterocycles. The molecule has 0 bridgehead atoms. The summed E-state index contributed by atoms with van der Waals surface area (Å²) in [6, 6.07) is 10.3. The van der Waals surface area contributed by atoms with Crippen molar-refractivity contribution in [1.82, 2.24) is 0 Å². The van der Waals surface area contributed by atoms with Crippen molar-refractivity contribution in [3.63, 3.8) is 0 Å². The van der Waals surface area contributed by atoms with Gasteiger partial charge in [-0.05, 0) is 19.8 Å². The second-order valence-corrected chi connectivity index (χ2v) is 5.13. The van der Waals surface area contributed by atoms with E-state index in [-0.39, 0.29) is 17.8 Å². The maximum Gasteiger partial charge on any atom is 0.308 e. The van der Waals surface area contributed by atoms with Gasteiger partial charge in [-0.3, -0.25) is 9.59 Å². The van der Waals surface area contributed by atoms with Crippen molar-refractivity contribution >= 4 is 11.9 Å². The number of carbonyl (C=O) groups excluding carboxylic acids is 1. The SMILES string of the molecule is CCC(C)C(=O)O.CCC(C)C(=O)OC.Cc1ccccc1. The first-order chi connectivity index (χ1) is 10.3. The molecule has 0 radical (unpaired) electrons. The Kier molecular flexibility index (Phi) is 14.4. The van der Waals surface area contributed by atoms with Crippen LogP contribution in [0.2, 0.25) is 0 Å². The fourth-order valence-electron chi connectivity index (χ4n) is 1.08. The van der Waals surface area contributed by atoms with Crippen LogP contribution in [0.5, 0.6) is 0 Å². The van der Waals surface area contributed by atoms with E-state index in [1.807, 2.05) is 39.0 Å². The van der Waals surface area contributed by atoms with E-state index < -0.39 is 5.97 Å². The van der Waals surface area contributed by atoms with Crippen molar-refractivity contribution in [3.05, 3.63) is 35.9 Å². The number of methoxy groups -OCH3 is 1. The third kappa shape index (κ3) is 13.2. The molecule has 4 heteroatoms. The molecule has 0 amide bonds. The molecular weight excluding hydrogens is 280 g/mol. The quantitative estimate of drug-likeness (QED) is 0.841. The third-order valence-electron chi connectivity index (χ3n) is 3.19. The van der Waals surface area contributed by atoms with Crippen molar-refractivity contribution in [1.29, 1.82) is 0 Å². The molecule has 1 N–H and O–H groups in total. The van der Waals surface area contributed by atoms with Gasteiger partial charge in [-0.25, -0.2) is 0 Å². The molecule has 0 saturated carbocycles. The molecule has 0 aromatic heterocycles. The number of rotatable bonds is 4. The Hall–Kier alpha value is -1.84. The zero-order chi connectivity index (χ0) is 17.5. The Labute approximate surface area is 134 Å². The second-order valence-electron chi connectivity index (χ2n) is 5.13. The highest BCUT2D eigenvalue weighted by molar-refractivity contribution is 5.71. The molecule has 0 aliphatic heterocycles. The van der Waals surface area contributed by atoms with Gasteiger partial charge in [-0.2, -0.15) is 0 Å². The predicted molar refractivity (Wildman–Crippen MR) is 89.7 cm³/mol. The molecule has 2 atom stereocenters. The fraction of sp³-hybridized carbons (Fsp3) is 0.556. The third-order valence-corrected chi connectivity index (χ3v) is 3.19. The molecule has 22 heavy (non-hydrogen) atoms. The van der Waals surface area contributed by atoms with Crippen molar-refractivity contribution in [2.75, 3.05) is 7.11 Å². The van der Waals surface area contributed by atoms with Gasteiger partial charge in [-0.15, -0.1) is 0 Å². The van der Waals surface area contributed by atoms with E-state index in [2.05, 4.69) is 23.8 Å². The lowest BCUT2D eigenvalue weighted by atomic mass is 10.1. The lowest BCUT2D eigenvalue weighted by Crippen LogP contribution is -2.10. The minimum atomic E-state index is -0.706. The number of carboxylic acid groups (broad SMARTS) is 1. The van der Waals surface area contributed by atoms with Crippen molar-refractivity contribution < 1.29 is 19.4 Å². The largest absolute Gasteiger partial charge is 0.481 e.